The molecule has 1 aromatic carbocycles. The van der Waals surface area contributed by atoms with Crippen LogP contribution in [-0.4, -0.2) is 21.4 Å². The molecule has 0 bridgehead atoms. The van der Waals surface area contributed by atoms with Crippen molar-refractivity contribution in [3.05, 3.63) is 46.6 Å². The van der Waals surface area contributed by atoms with Crippen LogP contribution in [0.4, 0.5) is 5.82 Å². The summed E-state index contributed by atoms with van der Waals surface area (Å²) in [5.41, 5.74) is 2.04. The topological polar surface area (TPSA) is 46.9 Å². The molecular formula is C14H16ClN3OS. The van der Waals surface area contributed by atoms with Gasteiger partial charge in [0.15, 0.2) is 0 Å². The van der Waals surface area contributed by atoms with E-state index in [1.165, 1.54) is 0 Å². The zero-order valence-corrected chi connectivity index (χ0v) is 13.0. The number of thioether (sulfide) groups is 1. The summed E-state index contributed by atoms with van der Waals surface area (Å²) in [7, 11) is 1.81. The Hall–Kier alpha value is -1.46. The third kappa shape index (κ3) is 4.28. The zero-order chi connectivity index (χ0) is 14.5. The number of anilines is 1. The second kappa shape index (κ2) is 6.81. The molecule has 106 valence electrons. The molecule has 1 aromatic heterocycles. The van der Waals surface area contributed by atoms with Gasteiger partial charge in [0.05, 0.1) is 11.4 Å². The van der Waals surface area contributed by atoms with Gasteiger partial charge < -0.3 is 5.32 Å². The normalized spacial score (nSPS) is 10.6. The number of rotatable bonds is 5. The highest BCUT2D eigenvalue weighted by atomic mass is 35.5. The fourth-order valence-corrected chi connectivity index (χ4v) is 2.66. The first kappa shape index (κ1) is 14.9. The standard InChI is InChI=1S/C14H16ClN3OS/c1-10-7-13(18(2)17-10)16-14(19)9-20-8-11-3-5-12(15)6-4-11/h3-7H,8-9H2,1-2H3,(H,16,19). The summed E-state index contributed by atoms with van der Waals surface area (Å²) in [4.78, 5) is 11.8. The number of halogens is 1. The smallest absolute Gasteiger partial charge is 0.235 e. The van der Waals surface area contributed by atoms with Crippen LogP contribution in [0.3, 0.4) is 0 Å². The Morgan fingerprint density at radius 3 is 2.70 bits per heavy atom. The second-order valence-electron chi connectivity index (χ2n) is 4.46. The van der Waals surface area contributed by atoms with Gasteiger partial charge in [0.2, 0.25) is 5.91 Å². The molecule has 2 rings (SSSR count). The molecule has 2 aromatic rings. The van der Waals surface area contributed by atoms with E-state index < -0.39 is 0 Å². The van der Waals surface area contributed by atoms with E-state index in [-0.39, 0.29) is 5.91 Å². The van der Waals surface area contributed by atoms with Gasteiger partial charge in [0.1, 0.15) is 5.82 Å². The Labute approximate surface area is 127 Å². The van der Waals surface area contributed by atoms with Crippen molar-refractivity contribution < 1.29 is 4.79 Å². The van der Waals surface area contributed by atoms with Crippen molar-refractivity contribution in [1.29, 1.82) is 0 Å². The first-order valence-corrected chi connectivity index (χ1v) is 7.70. The summed E-state index contributed by atoms with van der Waals surface area (Å²) in [5.74, 6) is 1.90. The van der Waals surface area contributed by atoms with E-state index in [2.05, 4.69) is 10.4 Å². The summed E-state index contributed by atoms with van der Waals surface area (Å²) in [6, 6.07) is 9.50. The minimum atomic E-state index is -0.0213. The first-order valence-electron chi connectivity index (χ1n) is 6.17. The van der Waals surface area contributed by atoms with E-state index in [0.29, 0.717) is 5.75 Å². The third-order valence-corrected chi connectivity index (χ3v) is 3.94. The fourth-order valence-electron chi connectivity index (χ4n) is 1.75. The van der Waals surface area contributed by atoms with Crippen LogP contribution in [-0.2, 0) is 17.6 Å². The Balaban J connectivity index is 1.78. The molecule has 0 unspecified atom stereocenters. The first-order chi connectivity index (χ1) is 9.54. The predicted octanol–water partition coefficient (Wildman–Crippen LogP) is 3.25. The van der Waals surface area contributed by atoms with Crippen molar-refractivity contribution in [3.8, 4) is 0 Å². The van der Waals surface area contributed by atoms with Crippen LogP contribution in [0.5, 0.6) is 0 Å². The Bertz CT molecular complexity index is 595. The van der Waals surface area contributed by atoms with Gasteiger partial charge in [-0.3, -0.25) is 9.48 Å². The summed E-state index contributed by atoms with van der Waals surface area (Å²) in [5, 5.41) is 7.75. The van der Waals surface area contributed by atoms with Crippen molar-refractivity contribution in [2.75, 3.05) is 11.1 Å². The summed E-state index contributed by atoms with van der Waals surface area (Å²) >= 11 is 7.39. The van der Waals surface area contributed by atoms with Crippen molar-refractivity contribution in [2.24, 2.45) is 7.05 Å². The van der Waals surface area contributed by atoms with Gasteiger partial charge in [0.25, 0.3) is 0 Å². The molecule has 0 atom stereocenters. The van der Waals surface area contributed by atoms with Gasteiger partial charge in [0, 0.05) is 23.9 Å². The van der Waals surface area contributed by atoms with Crippen molar-refractivity contribution in [1.82, 2.24) is 9.78 Å². The fraction of sp³-hybridized carbons (Fsp3) is 0.286. The molecule has 0 fully saturated rings. The van der Waals surface area contributed by atoms with Crippen LogP contribution in [0.25, 0.3) is 0 Å². The minimum Gasteiger partial charge on any atom is -0.310 e. The van der Waals surface area contributed by atoms with Crippen LogP contribution in [0, 0.1) is 6.92 Å². The van der Waals surface area contributed by atoms with E-state index in [1.807, 2.05) is 44.3 Å². The number of hydrogen-bond acceptors (Lipinski definition) is 3. The number of carbonyl (C=O) groups excluding carboxylic acids is 1. The number of hydrogen-bond donors (Lipinski definition) is 1. The lowest BCUT2D eigenvalue weighted by Gasteiger charge is -2.05. The van der Waals surface area contributed by atoms with E-state index in [0.717, 1.165) is 27.9 Å². The molecule has 0 radical (unpaired) electrons. The average Bonchev–Trinajstić information content (AvgIpc) is 2.70. The Morgan fingerprint density at radius 2 is 2.10 bits per heavy atom. The molecule has 4 nitrogen and oxygen atoms in total. The summed E-state index contributed by atoms with van der Waals surface area (Å²) in [6.45, 7) is 1.89. The van der Waals surface area contributed by atoms with Crippen LogP contribution >= 0.6 is 23.4 Å². The average molecular weight is 310 g/mol. The number of benzene rings is 1. The molecule has 0 saturated carbocycles. The summed E-state index contributed by atoms with van der Waals surface area (Å²) < 4.78 is 1.66. The van der Waals surface area contributed by atoms with E-state index >= 15 is 0 Å². The van der Waals surface area contributed by atoms with Gasteiger partial charge in [-0.25, -0.2) is 0 Å². The Kier molecular flexibility index (Phi) is 5.09. The summed E-state index contributed by atoms with van der Waals surface area (Å²) in [6.07, 6.45) is 0. The molecule has 0 saturated heterocycles. The van der Waals surface area contributed by atoms with Gasteiger partial charge >= 0.3 is 0 Å². The van der Waals surface area contributed by atoms with Crippen LogP contribution in [0.15, 0.2) is 30.3 Å². The lowest BCUT2D eigenvalue weighted by molar-refractivity contribution is -0.113. The van der Waals surface area contributed by atoms with Crippen molar-refractivity contribution >= 4 is 35.1 Å². The number of nitrogens with one attached hydrogen (secondary N) is 1. The van der Waals surface area contributed by atoms with Gasteiger partial charge in [-0.2, -0.15) is 5.10 Å². The number of carbonyl (C=O) groups is 1. The predicted molar refractivity (Wildman–Crippen MR) is 84.2 cm³/mol. The molecular weight excluding hydrogens is 294 g/mol. The number of aryl methyl sites for hydroxylation is 2. The van der Waals surface area contributed by atoms with Crippen LogP contribution < -0.4 is 5.32 Å². The molecule has 20 heavy (non-hydrogen) atoms. The molecule has 1 amide bonds. The second-order valence-corrected chi connectivity index (χ2v) is 5.88. The SMILES string of the molecule is Cc1cc(NC(=O)CSCc2ccc(Cl)cc2)n(C)n1. The highest BCUT2D eigenvalue weighted by molar-refractivity contribution is 7.99. The monoisotopic (exact) mass is 309 g/mol. The van der Waals surface area contributed by atoms with E-state index in [1.54, 1.807) is 16.4 Å². The number of amides is 1. The van der Waals surface area contributed by atoms with Gasteiger partial charge in [-0.1, -0.05) is 23.7 Å². The highest BCUT2D eigenvalue weighted by Gasteiger charge is 2.07. The maximum absolute atomic E-state index is 11.8. The molecule has 0 aliphatic carbocycles. The maximum Gasteiger partial charge on any atom is 0.235 e. The van der Waals surface area contributed by atoms with E-state index in [9.17, 15) is 4.79 Å². The lowest BCUT2D eigenvalue weighted by Crippen LogP contribution is -2.16. The van der Waals surface area contributed by atoms with Crippen molar-refractivity contribution in [3.63, 3.8) is 0 Å². The molecule has 1 N–H and O–H groups in total. The molecule has 0 spiro atoms. The Morgan fingerprint density at radius 1 is 1.40 bits per heavy atom. The van der Waals surface area contributed by atoms with Crippen LogP contribution in [0.1, 0.15) is 11.3 Å². The number of aromatic nitrogens is 2. The molecule has 6 heteroatoms. The molecule has 0 aliphatic heterocycles. The minimum absolute atomic E-state index is 0.0213. The maximum atomic E-state index is 11.8. The van der Waals surface area contributed by atoms with Gasteiger partial charge in [-0.15, -0.1) is 11.8 Å². The third-order valence-electron chi connectivity index (χ3n) is 2.68. The molecule has 1 heterocycles. The van der Waals surface area contributed by atoms with Crippen molar-refractivity contribution in [2.45, 2.75) is 12.7 Å². The molecule has 0 aliphatic rings. The van der Waals surface area contributed by atoms with Crippen LogP contribution in [0.2, 0.25) is 5.02 Å². The quantitative estimate of drug-likeness (QED) is 0.922. The largest absolute Gasteiger partial charge is 0.310 e. The number of nitrogens with zero attached hydrogens (tertiary/aromatic N) is 2. The highest BCUT2D eigenvalue weighted by Crippen LogP contribution is 2.16. The lowest BCUT2D eigenvalue weighted by atomic mass is 10.2. The van der Waals surface area contributed by atoms with E-state index in [4.69, 9.17) is 11.6 Å². The van der Waals surface area contributed by atoms with Gasteiger partial charge in [-0.05, 0) is 24.6 Å². The zero-order valence-electron chi connectivity index (χ0n) is 11.4.